The van der Waals surface area contributed by atoms with Crippen LogP contribution in [-0.4, -0.2) is 41.0 Å². The second-order valence-electron chi connectivity index (χ2n) is 6.58. The molecule has 0 radical (unpaired) electrons. The van der Waals surface area contributed by atoms with Gasteiger partial charge in [-0.05, 0) is 38.8 Å². The third-order valence-electron chi connectivity index (χ3n) is 4.56. The Morgan fingerprint density at radius 3 is 2.42 bits per heavy atom. The SMILES string of the molecule is Cc1oc(-c2ccccc2)nc1C(=O)O[C@@H](C)C(=O)N1CCCCCC1. The van der Waals surface area contributed by atoms with Crippen LogP contribution in [0.3, 0.4) is 0 Å². The van der Waals surface area contributed by atoms with E-state index in [9.17, 15) is 9.59 Å². The number of aromatic nitrogens is 1. The fourth-order valence-electron chi connectivity index (χ4n) is 3.10. The molecule has 3 rings (SSSR count). The molecule has 0 saturated carbocycles. The van der Waals surface area contributed by atoms with Crippen molar-refractivity contribution in [1.82, 2.24) is 9.88 Å². The number of aryl methyl sites for hydroxylation is 1. The van der Waals surface area contributed by atoms with Gasteiger partial charge < -0.3 is 14.1 Å². The van der Waals surface area contributed by atoms with E-state index in [4.69, 9.17) is 9.15 Å². The molecule has 2 heterocycles. The van der Waals surface area contributed by atoms with Crippen molar-refractivity contribution >= 4 is 11.9 Å². The summed E-state index contributed by atoms with van der Waals surface area (Å²) in [4.78, 5) is 31.0. The summed E-state index contributed by atoms with van der Waals surface area (Å²) in [6, 6.07) is 9.34. The zero-order chi connectivity index (χ0) is 18.5. The topological polar surface area (TPSA) is 72.6 Å². The predicted molar refractivity (Wildman–Crippen MR) is 96.6 cm³/mol. The number of carbonyl (C=O) groups excluding carboxylic acids is 2. The largest absolute Gasteiger partial charge is 0.448 e. The first-order valence-electron chi connectivity index (χ1n) is 9.09. The van der Waals surface area contributed by atoms with Gasteiger partial charge in [-0.3, -0.25) is 4.79 Å². The van der Waals surface area contributed by atoms with Crippen molar-refractivity contribution in [1.29, 1.82) is 0 Å². The van der Waals surface area contributed by atoms with Crippen LogP contribution in [0.2, 0.25) is 0 Å². The van der Waals surface area contributed by atoms with E-state index in [1.807, 2.05) is 30.3 Å². The van der Waals surface area contributed by atoms with Gasteiger partial charge >= 0.3 is 5.97 Å². The Morgan fingerprint density at radius 2 is 1.77 bits per heavy atom. The van der Waals surface area contributed by atoms with Crippen LogP contribution in [0, 0.1) is 6.92 Å². The van der Waals surface area contributed by atoms with Crippen molar-refractivity contribution in [2.45, 2.75) is 45.6 Å². The first-order valence-corrected chi connectivity index (χ1v) is 9.09. The molecule has 2 aromatic rings. The van der Waals surface area contributed by atoms with Crippen molar-refractivity contribution in [3.05, 3.63) is 41.8 Å². The highest BCUT2D eigenvalue weighted by Gasteiger charge is 2.27. The minimum absolute atomic E-state index is 0.111. The van der Waals surface area contributed by atoms with E-state index in [2.05, 4.69) is 4.98 Å². The van der Waals surface area contributed by atoms with Crippen molar-refractivity contribution in [2.75, 3.05) is 13.1 Å². The summed E-state index contributed by atoms with van der Waals surface area (Å²) in [6.07, 6.45) is 3.43. The number of likely N-dealkylation sites (tertiary alicyclic amines) is 1. The summed E-state index contributed by atoms with van der Waals surface area (Å²) in [5.74, 6) is -0.0430. The third kappa shape index (κ3) is 4.12. The van der Waals surface area contributed by atoms with Gasteiger partial charge in [0.2, 0.25) is 5.89 Å². The quantitative estimate of drug-likeness (QED) is 0.783. The molecule has 1 atom stereocenters. The smallest absolute Gasteiger partial charge is 0.361 e. The predicted octanol–water partition coefficient (Wildman–Crippen LogP) is 3.60. The molecule has 0 aliphatic carbocycles. The molecule has 1 aromatic carbocycles. The molecule has 0 bridgehead atoms. The van der Waals surface area contributed by atoms with Crippen LogP contribution in [0.15, 0.2) is 34.7 Å². The van der Waals surface area contributed by atoms with Gasteiger partial charge in [0.15, 0.2) is 11.8 Å². The summed E-state index contributed by atoms with van der Waals surface area (Å²) >= 11 is 0. The molecule has 1 aliphatic heterocycles. The highest BCUT2D eigenvalue weighted by Crippen LogP contribution is 2.22. The fraction of sp³-hybridized carbons (Fsp3) is 0.450. The van der Waals surface area contributed by atoms with Crippen molar-refractivity contribution in [3.63, 3.8) is 0 Å². The molecule has 1 amide bonds. The lowest BCUT2D eigenvalue weighted by atomic mass is 10.2. The van der Waals surface area contributed by atoms with E-state index < -0.39 is 12.1 Å². The van der Waals surface area contributed by atoms with Gasteiger partial charge in [0.05, 0.1) is 0 Å². The molecular weight excluding hydrogens is 332 g/mol. The molecule has 6 nitrogen and oxygen atoms in total. The summed E-state index contributed by atoms with van der Waals surface area (Å²) in [5, 5.41) is 0. The zero-order valence-electron chi connectivity index (χ0n) is 15.2. The summed E-state index contributed by atoms with van der Waals surface area (Å²) in [5.41, 5.74) is 0.891. The molecule has 26 heavy (non-hydrogen) atoms. The Morgan fingerprint density at radius 1 is 1.12 bits per heavy atom. The number of nitrogens with zero attached hydrogens (tertiary/aromatic N) is 2. The van der Waals surface area contributed by atoms with E-state index in [0.29, 0.717) is 11.7 Å². The van der Waals surface area contributed by atoms with Crippen LogP contribution in [0.1, 0.15) is 48.9 Å². The molecule has 1 aromatic heterocycles. The minimum atomic E-state index is -0.836. The molecule has 0 spiro atoms. The summed E-state index contributed by atoms with van der Waals surface area (Å²) in [6.45, 7) is 4.72. The molecular formula is C20H24N2O4. The lowest BCUT2D eigenvalue weighted by Crippen LogP contribution is -2.40. The summed E-state index contributed by atoms with van der Waals surface area (Å²) < 4.78 is 11.0. The highest BCUT2D eigenvalue weighted by atomic mass is 16.5. The van der Waals surface area contributed by atoms with Gasteiger partial charge in [-0.2, -0.15) is 0 Å². The number of esters is 1. The number of hydrogen-bond acceptors (Lipinski definition) is 5. The lowest BCUT2D eigenvalue weighted by Gasteiger charge is -2.23. The molecule has 1 fully saturated rings. The van der Waals surface area contributed by atoms with Crippen LogP contribution in [0.4, 0.5) is 0 Å². The first kappa shape index (κ1) is 18.2. The van der Waals surface area contributed by atoms with E-state index >= 15 is 0 Å². The number of oxazole rings is 1. The van der Waals surface area contributed by atoms with Crippen molar-refractivity contribution in [3.8, 4) is 11.5 Å². The third-order valence-corrected chi connectivity index (χ3v) is 4.56. The van der Waals surface area contributed by atoms with E-state index in [-0.39, 0.29) is 11.6 Å². The standard InChI is InChI=1S/C20H24N2O4/c1-14-17(21-18(25-14)16-10-6-5-7-11-16)20(24)26-15(2)19(23)22-12-8-3-4-9-13-22/h5-7,10-11,15H,3-4,8-9,12-13H2,1-2H3/t15-/m0/s1. The van der Waals surface area contributed by atoms with Crippen molar-refractivity contribution in [2.24, 2.45) is 0 Å². The Bertz CT molecular complexity index is 761. The van der Waals surface area contributed by atoms with Gasteiger partial charge in [-0.15, -0.1) is 0 Å². The maximum absolute atomic E-state index is 12.5. The second-order valence-corrected chi connectivity index (χ2v) is 6.58. The zero-order valence-corrected chi connectivity index (χ0v) is 15.2. The van der Waals surface area contributed by atoms with Crippen LogP contribution >= 0.6 is 0 Å². The second kappa shape index (κ2) is 8.17. The van der Waals surface area contributed by atoms with Crippen LogP contribution in [0.5, 0.6) is 0 Å². The number of amides is 1. The minimum Gasteiger partial charge on any atom is -0.448 e. The van der Waals surface area contributed by atoms with Gasteiger partial charge in [-0.1, -0.05) is 31.0 Å². The van der Waals surface area contributed by atoms with Gasteiger partial charge in [-0.25, -0.2) is 9.78 Å². The monoisotopic (exact) mass is 356 g/mol. The van der Waals surface area contributed by atoms with Gasteiger partial charge in [0.25, 0.3) is 5.91 Å². The highest BCUT2D eigenvalue weighted by molar-refractivity contribution is 5.91. The van der Waals surface area contributed by atoms with Gasteiger partial charge in [0.1, 0.15) is 5.76 Å². The van der Waals surface area contributed by atoms with Crippen LogP contribution in [-0.2, 0) is 9.53 Å². The van der Waals surface area contributed by atoms with Gasteiger partial charge in [0, 0.05) is 18.7 Å². The Kier molecular flexibility index (Phi) is 5.71. The maximum atomic E-state index is 12.5. The number of hydrogen-bond donors (Lipinski definition) is 0. The molecule has 1 saturated heterocycles. The summed E-state index contributed by atoms with van der Waals surface area (Å²) in [7, 11) is 0. The van der Waals surface area contributed by atoms with E-state index in [1.165, 1.54) is 0 Å². The average Bonchev–Trinajstić information content (AvgIpc) is 2.86. The Labute approximate surface area is 153 Å². The fourth-order valence-corrected chi connectivity index (χ4v) is 3.10. The Balaban J connectivity index is 1.67. The average molecular weight is 356 g/mol. The number of carbonyl (C=O) groups is 2. The van der Waals surface area contributed by atoms with Crippen molar-refractivity contribution < 1.29 is 18.7 Å². The number of rotatable bonds is 4. The molecule has 1 aliphatic rings. The Hall–Kier alpha value is -2.63. The molecule has 0 unspecified atom stereocenters. The van der Waals surface area contributed by atoms with Crippen LogP contribution in [0.25, 0.3) is 11.5 Å². The number of benzene rings is 1. The normalized spacial score (nSPS) is 16.0. The van der Waals surface area contributed by atoms with E-state index in [1.54, 1.807) is 18.7 Å². The number of ether oxygens (including phenoxy) is 1. The first-order chi connectivity index (χ1) is 12.6. The molecule has 6 heteroatoms. The molecule has 138 valence electrons. The molecule has 0 N–H and O–H groups in total. The van der Waals surface area contributed by atoms with E-state index in [0.717, 1.165) is 44.3 Å². The van der Waals surface area contributed by atoms with Crippen LogP contribution < -0.4 is 0 Å². The lowest BCUT2D eigenvalue weighted by molar-refractivity contribution is -0.139. The maximum Gasteiger partial charge on any atom is 0.361 e.